The van der Waals surface area contributed by atoms with Gasteiger partial charge in [-0.3, -0.25) is 9.59 Å². The minimum Gasteiger partial charge on any atom is -0.467 e. The van der Waals surface area contributed by atoms with Gasteiger partial charge in [0.1, 0.15) is 5.76 Å². The number of carbonyl (C=O) groups is 2. The quantitative estimate of drug-likeness (QED) is 0.886. The maximum atomic E-state index is 12.1. The van der Waals surface area contributed by atoms with Crippen molar-refractivity contribution in [3.05, 3.63) is 59.5 Å². The summed E-state index contributed by atoms with van der Waals surface area (Å²) in [5, 5.41) is 5.54. The third-order valence-corrected chi connectivity index (χ3v) is 2.81. The van der Waals surface area contributed by atoms with Gasteiger partial charge < -0.3 is 15.1 Å². The average Bonchev–Trinajstić information content (AvgIpc) is 2.97. The summed E-state index contributed by atoms with van der Waals surface area (Å²) in [6, 6.07) is 10.2. The van der Waals surface area contributed by atoms with Crippen LogP contribution in [0.25, 0.3) is 0 Å². The van der Waals surface area contributed by atoms with Crippen LogP contribution in [-0.2, 0) is 6.54 Å². The fourth-order valence-electron chi connectivity index (χ4n) is 1.83. The van der Waals surface area contributed by atoms with Crippen molar-refractivity contribution in [1.82, 2.24) is 10.6 Å². The van der Waals surface area contributed by atoms with Crippen LogP contribution in [0.5, 0.6) is 0 Å². The summed E-state index contributed by atoms with van der Waals surface area (Å²) in [5.74, 6) is 0.244. The molecule has 0 atom stereocenters. The molecule has 5 nitrogen and oxygen atoms in total. The van der Waals surface area contributed by atoms with Gasteiger partial charge in [-0.2, -0.15) is 0 Å². The molecule has 0 saturated heterocycles. The molecule has 5 heteroatoms. The highest BCUT2D eigenvalue weighted by atomic mass is 16.3. The van der Waals surface area contributed by atoms with Crippen molar-refractivity contribution >= 4 is 11.8 Å². The van der Waals surface area contributed by atoms with Crippen molar-refractivity contribution in [3.63, 3.8) is 0 Å². The molecule has 1 heterocycles. The Morgan fingerprint density at radius 2 is 1.81 bits per heavy atom. The first-order valence-electron chi connectivity index (χ1n) is 6.78. The molecule has 0 fully saturated rings. The van der Waals surface area contributed by atoms with Crippen LogP contribution in [0.4, 0.5) is 0 Å². The topological polar surface area (TPSA) is 71.3 Å². The molecule has 0 saturated carbocycles. The Morgan fingerprint density at radius 1 is 1.10 bits per heavy atom. The van der Waals surface area contributed by atoms with Crippen LogP contribution in [0.3, 0.4) is 0 Å². The van der Waals surface area contributed by atoms with Crippen molar-refractivity contribution in [2.24, 2.45) is 0 Å². The van der Waals surface area contributed by atoms with Crippen LogP contribution < -0.4 is 10.6 Å². The first kappa shape index (κ1) is 14.8. The first-order chi connectivity index (χ1) is 10.1. The van der Waals surface area contributed by atoms with E-state index in [0.717, 1.165) is 0 Å². The second-order valence-corrected chi connectivity index (χ2v) is 4.97. The molecule has 0 aliphatic carbocycles. The second kappa shape index (κ2) is 6.74. The van der Waals surface area contributed by atoms with Crippen LogP contribution in [-0.4, -0.2) is 17.9 Å². The molecule has 0 spiro atoms. The Kier molecular flexibility index (Phi) is 4.77. The number of rotatable bonds is 5. The highest BCUT2D eigenvalue weighted by Gasteiger charge is 2.11. The van der Waals surface area contributed by atoms with Crippen molar-refractivity contribution in [1.29, 1.82) is 0 Å². The minimum atomic E-state index is -0.245. The Morgan fingerprint density at radius 3 is 2.43 bits per heavy atom. The lowest BCUT2D eigenvalue weighted by Gasteiger charge is -2.09. The van der Waals surface area contributed by atoms with Crippen LogP contribution in [0.15, 0.2) is 47.1 Å². The van der Waals surface area contributed by atoms with Crippen molar-refractivity contribution in [2.45, 2.75) is 26.4 Å². The van der Waals surface area contributed by atoms with Gasteiger partial charge in [0.05, 0.1) is 12.8 Å². The Hall–Kier alpha value is -2.56. The number of nitrogens with one attached hydrogen (secondary N) is 2. The number of amides is 2. The summed E-state index contributed by atoms with van der Waals surface area (Å²) in [6.07, 6.45) is 1.55. The third kappa shape index (κ3) is 4.21. The molecular formula is C16H18N2O3. The highest BCUT2D eigenvalue weighted by Crippen LogP contribution is 2.07. The maximum absolute atomic E-state index is 12.1. The van der Waals surface area contributed by atoms with E-state index in [4.69, 9.17) is 4.42 Å². The van der Waals surface area contributed by atoms with Crippen molar-refractivity contribution in [3.8, 4) is 0 Å². The predicted molar refractivity (Wildman–Crippen MR) is 78.9 cm³/mol. The van der Waals surface area contributed by atoms with Gasteiger partial charge in [0.15, 0.2) is 0 Å². The molecule has 0 radical (unpaired) electrons. The van der Waals surface area contributed by atoms with Gasteiger partial charge >= 0.3 is 0 Å². The standard InChI is InChI=1S/C16H18N2O3/c1-11(2)18-16(20)13-6-3-5-12(9-13)15(19)17-10-14-7-4-8-21-14/h3-9,11H,10H2,1-2H3,(H,17,19)(H,18,20). The zero-order chi connectivity index (χ0) is 15.2. The molecule has 21 heavy (non-hydrogen) atoms. The van der Waals surface area contributed by atoms with Crippen LogP contribution in [0, 0.1) is 0 Å². The summed E-state index contributed by atoms with van der Waals surface area (Å²) >= 11 is 0. The zero-order valence-corrected chi connectivity index (χ0v) is 12.1. The highest BCUT2D eigenvalue weighted by molar-refractivity contribution is 5.99. The fraction of sp³-hybridized carbons (Fsp3) is 0.250. The Bertz CT molecular complexity index is 618. The molecule has 2 rings (SSSR count). The van der Waals surface area contributed by atoms with Gasteiger partial charge in [-0.05, 0) is 44.2 Å². The molecule has 0 unspecified atom stereocenters. The van der Waals surface area contributed by atoms with E-state index in [1.807, 2.05) is 13.8 Å². The monoisotopic (exact) mass is 286 g/mol. The second-order valence-electron chi connectivity index (χ2n) is 4.97. The van der Waals surface area contributed by atoms with E-state index >= 15 is 0 Å². The Balaban J connectivity index is 2.02. The molecular weight excluding hydrogens is 268 g/mol. The van der Waals surface area contributed by atoms with Crippen LogP contribution >= 0.6 is 0 Å². The fourth-order valence-corrected chi connectivity index (χ4v) is 1.83. The largest absolute Gasteiger partial charge is 0.467 e. The number of hydrogen-bond acceptors (Lipinski definition) is 3. The molecule has 2 amide bonds. The molecule has 0 aliphatic rings. The normalized spacial score (nSPS) is 10.4. The first-order valence-corrected chi connectivity index (χ1v) is 6.78. The van der Waals surface area contributed by atoms with E-state index in [-0.39, 0.29) is 17.9 Å². The van der Waals surface area contributed by atoms with E-state index in [2.05, 4.69) is 10.6 Å². The number of carbonyl (C=O) groups excluding carboxylic acids is 2. The lowest BCUT2D eigenvalue weighted by atomic mass is 10.1. The van der Waals surface area contributed by atoms with E-state index < -0.39 is 0 Å². The smallest absolute Gasteiger partial charge is 0.251 e. The number of hydrogen-bond donors (Lipinski definition) is 2. The Labute approximate surface area is 123 Å². The molecule has 1 aromatic carbocycles. The molecule has 110 valence electrons. The van der Waals surface area contributed by atoms with E-state index in [1.165, 1.54) is 0 Å². The molecule has 1 aromatic heterocycles. The van der Waals surface area contributed by atoms with Crippen molar-refractivity contribution in [2.75, 3.05) is 0 Å². The van der Waals surface area contributed by atoms with E-state index in [1.54, 1.807) is 42.7 Å². The van der Waals surface area contributed by atoms with Crippen molar-refractivity contribution < 1.29 is 14.0 Å². The van der Waals surface area contributed by atoms with Gasteiger partial charge in [-0.1, -0.05) is 6.07 Å². The molecule has 0 aliphatic heterocycles. The maximum Gasteiger partial charge on any atom is 0.251 e. The summed E-state index contributed by atoms with van der Waals surface area (Å²) in [5.41, 5.74) is 0.910. The lowest BCUT2D eigenvalue weighted by Crippen LogP contribution is -2.30. The van der Waals surface area contributed by atoms with Gasteiger partial charge in [-0.25, -0.2) is 0 Å². The number of benzene rings is 1. The van der Waals surface area contributed by atoms with Gasteiger partial charge in [-0.15, -0.1) is 0 Å². The predicted octanol–water partition coefficient (Wildman–Crippen LogP) is 2.35. The summed E-state index contributed by atoms with van der Waals surface area (Å²) in [7, 11) is 0. The summed E-state index contributed by atoms with van der Waals surface area (Å²) < 4.78 is 5.15. The van der Waals surface area contributed by atoms with Crippen LogP contribution in [0.1, 0.15) is 40.3 Å². The molecule has 0 bridgehead atoms. The van der Waals surface area contributed by atoms with Gasteiger partial charge in [0.25, 0.3) is 11.8 Å². The zero-order valence-electron chi connectivity index (χ0n) is 12.1. The molecule has 2 aromatic rings. The SMILES string of the molecule is CC(C)NC(=O)c1cccc(C(=O)NCc2ccco2)c1. The van der Waals surface area contributed by atoms with Crippen LogP contribution in [0.2, 0.25) is 0 Å². The minimum absolute atomic E-state index is 0.0499. The number of furan rings is 1. The summed E-state index contributed by atoms with van der Waals surface area (Å²) in [4.78, 5) is 24.0. The third-order valence-electron chi connectivity index (χ3n) is 2.81. The molecule has 2 N–H and O–H groups in total. The summed E-state index contributed by atoms with van der Waals surface area (Å²) in [6.45, 7) is 4.09. The van der Waals surface area contributed by atoms with E-state index in [0.29, 0.717) is 23.4 Å². The van der Waals surface area contributed by atoms with E-state index in [9.17, 15) is 9.59 Å². The van der Waals surface area contributed by atoms with Gasteiger partial charge in [0.2, 0.25) is 0 Å². The lowest BCUT2D eigenvalue weighted by molar-refractivity contribution is 0.0943. The average molecular weight is 286 g/mol. The van der Waals surface area contributed by atoms with Gasteiger partial charge in [0, 0.05) is 17.2 Å².